The van der Waals surface area contributed by atoms with Crippen LogP contribution in [0.4, 0.5) is 0 Å². The average molecular weight is 286 g/mol. The molecule has 2 aliphatic heterocycles. The molecule has 0 aliphatic carbocycles. The van der Waals surface area contributed by atoms with Gasteiger partial charge in [0.05, 0.1) is 0 Å². The largest absolute Gasteiger partial charge is 0.339 e. The third-order valence-corrected chi connectivity index (χ3v) is 4.94. The maximum absolute atomic E-state index is 12.8. The van der Waals surface area contributed by atoms with Crippen LogP contribution in [0.5, 0.6) is 0 Å². The molecule has 3 rings (SSSR count). The average Bonchev–Trinajstić information content (AvgIpc) is 2.98. The van der Waals surface area contributed by atoms with Crippen molar-refractivity contribution in [3.05, 3.63) is 35.4 Å². The Bertz CT molecular complexity index is 476. The first-order chi connectivity index (χ1) is 10.2. The maximum Gasteiger partial charge on any atom is 0.226 e. The van der Waals surface area contributed by atoms with Crippen molar-refractivity contribution in [2.45, 2.75) is 45.1 Å². The summed E-state index contributed by atoms with van der Waals surface area (Å²) in [7, 11) is 0. The van der Waals surface area contributed by atoms with Crippen molar-refractivity contribution in [3.8, 4) is 0 Å². The molecule has 3 nitrogen and oxygen atoms in total. The van der Waals surface area contributed by atoms with E-state index in [1.165, 1.54) is 11.1 Å². The molecule has 0 aromatic heterocycles. The normalized spacial score (nSPS) is 23.5. The minimum Gasteiger partial charge on any atom is -0.339 e. The monoisotopic (exact) mass is 286 g/mol. The first-order valence-corrected chi connectivity index (χ1v) is 8.31. The first kappa shape index (κ1) is 14.6. The highest BCUT2D eigenvalue weighted by Crippen LogP contribution is 2.25. The van der Waals surface area contributed by atoms with E-state index in [2.05, 4.69) is 41.4 Å². The molecule has 2 fully saturated rings. The molecule has 0 radical (unpaired) electrons. The Morgan fingerprint density at radius 3 is 2.62 bits per heavy atom. The third kappa shape index (κ3) is 3.46. The highest BCUT2D eigenvalue weighted by molar-refractivity contribution is 5.79. The third-order valence-electron chi connectivity index (χ3n) is 4.94. The van der Waals surface area contributed by atoms with Crippen LogP contribution in [0, 0.1) is 12.8 Å². The first-order valence-electron chi connectivity index (χ1n) is 8.31. The van der Waals surface area contributed by atoms with Gasteiger partial charge in [-0.2, -0.15) is 0 Å². The Kier molecular flexibility index (Phi) is 4.59. The van der Waals surface area contributed by atoms with E-state index in [-0.39, 0.29) is 5.92 Å². The van der Waals surface area contributed by atoms with Gasteiger partial charge in [-0.25, -0.2) is 0 Å². The minimum atomic E-state index is 0.255. The molecule has 21 heavy (non-hydrogen) atoms. The van der Waals surface area contributed by atoms with Crippen LogP contribution in [0.15, 0.2) is 24.3 Å². The van der Waals surface area contributed by atoms with E-state index < -0.39 is 0 Å². The van der Waals surface area contributed by atoms with Gasteiger partial charge in [0.15, 0.2) is 0 Å². The molecule has 2 heterocycles. The van der Waals surface area contributed by atoms with E-state index in [9.17, 15) is 4.79 Å². The van der Waals surface area contributed by atoms with Crippen molar-refractivity contribution in [1.82, 2.24) is 10.2 Å². The lowest BCUT2D eigenvalue weighted by Gasteiger charge is -2.31. The number of hydrogen-bond donors (Lipinski definition) is 1. The summed E-state index contributed by atoms with van der Waals surface area (Å²) in [5.41, 5.74) is 2.66. The molecule has 1 aromatic rings. The number of piperidine rings is 1. The number of rotatable bonds is 3. The fourth-order valence-electron chi connectivity index (χ4n) is 3.64. The van der Waals surface area contributed by atoms with Crippen LogP contribution in [-0.4, -0.2) is 36.5 Å². The number of carbonyl (C=O) groups excluding carboxylic acids is 1. The summed E-state index contributed by atoms with van der Waals surface area (Å²) in [6.07, 6.45) is 5.34. The Morgan fingerprint density at radius 1 is 1.19 bits per heavy atom. The number of nitrogens with zero attached hydrogens (tertiary/aromatic N) is 1. The predicted molar refractivity (Wildman–Crippen MR) is 85.2 cm³/mol. The highest BCUT2D eigenvalue weighted by atomic mass is 16.2. The zero-order valence-corrected chi connectivity index (χ0v) is 13.0. The lowest BCUT2D eigenvalue weighted by atomic mass is 9.95. The number of amides is 1. The Morgan fingerprint density at radius 2 is 1.90 bits per heavy atom. The summed E-state index contributed by atoms with van der Waals surface area (Å²) in [4.78, 5) is 14.9. The second kappa shape index (κ2) is 6.61. The van der Waals surface area contributed by atoms with E-state index in [0.29, 0.717) is 11.9 Å². The molecular formula is C18H26N2O. The number of hydrogen-bond acceptors (Lipinski definition) is 2. The smallest absolute Gasteiger partial charge is 0.226 e. The molecule has 1 unspecified atom stereocenters. The zero-order valence-electron chi connectivity index (χ0n) is 13.0. The molecule has 0 saturated carbocycles. The van der Waals surface area contributed by atoms with Crippen LogP contribution in [0.2, 0.25) is 0 Å². The molecule has 2 aliphatic rings. The van der Waals surface area contributed by atoms with Crippen molar-refractivity contribution in [2.24, 2.45) is 5.92 Å². The van der Waals surface area contributed by atoms with Crippen molar-refractivity contribution < 1.29 is 4.79 Å². The summed E-state index contributed by atoms with van der Waals surface area (Å²) in [5, 5.41) is 3.35. The minimum absolute atomic E-state index is 0.255. The van der Waals surface area contributed by atoms with Gasteiger partial charge in [0, 0.05) is 18.5 Å². The predicted octanol–water partition coefficient (Wildman–Crippen LogP) is 2.53. The van der Waals surface area contributed by atoms with Gasteiger partial charge in [0.25, 0.3) is 0 Å². The lowest BCUT2D eigenvalue weighted by molar-refractivity contribution is -0.137. The molecule has 114 valence electrons. The van der Waals surface area contributed by atoms with Gasteiger partial charge >= 0.3 is 0 Å². The topological polar surface area (TPSA) is 32.3 Å². The van der Waals surface area contributed by atoms with Crippen LogP contribution in [0.3, 0.4) is 0 Å². The van der Waals surface area contributed by atoms with Crippen molar-refractivity contribution in [2.75, 3.05) is 19.6 Å². The SMILES string of the molecule is Cc1ccc(CC2CCCN2C(=O)C2CCNCC2)cc1. The van der Waals surface area contributed by atoms with Crippen LogP contribution in [0.1, 0.15) is 36.8 Å². The molecule has 1 atom stereocenters. The lowest BCUT2D eigenvalue weighted by Crippen LogP contribution is -2.43. The Hall–Kier alpha value is -1.35. The fourth-order valence-corrected chi connectivity index (χ4v) is 3.64. The van der Waals surface area contributed by atoms with Crippen molar-refractivity contribution in [3.63, 3.8) is 0 Å². The number of likely N-dealkylation sites (tertiary alicyclic amines) is 1. The maximum atomic E-state index is 12.8. The van der Waals surface area contributed by atoms with Gasteiger partial charge in [-0.05, 0) is 57.7 Å². The Balaban J connectivity index is 1.64. The van der Waals surface area contributed by atoms with E-state index in [1.807, 2.05) is 0 Å². The van der Waals surface area contributed by atoms with Crippen LogP contribution >= 0.6 is 0 Å². The fraction of sp³-hybridized carbons (Fsp3) is 0.611. The van der Waals surface area contributed by atoms with E-state index in [0.717, 1.165) is 51.7 Å². The summed E-state index contributed by atoms with van der Waals surface area (Å²) in [6.45, 7) is 5.06. The number of aryl methyl sites for hydroxylation is 1. The Labute approximate surface area is 127 Å². The number of nitrogens with one attached hydrogen (secondary N) is 1. The van der Waals surface area contributed by atoms with Crippen LogP contribution < -0.4 is 5.32 Å². The molecule has 1 amide bonds. The zero-order chi connectivity index (χ0) is 14.7. The van der Waals surface area contributed by atoms with Crippen molar-refractivity contribution in [1.29, 1.82) is 0 Å². The standard InChI is InChI=1S/C18H26N2O/c1-14-4-6-15(7-5-14)13-17-3-2-12-20(17)18(21)16-8-10-19-11-9-16/h4-7,16-17,19H,2-3,8-13H2,1H3. The molecule has 1 N–H and O–H groups in total. The van der Waals surface area contributed by atoms with Gasteiger partial charge in [-0.15, -0.1) is 0 Å². The van der Waals surface area contributed by atoms with Gasteiger partial charge in [0.1, 0.15) is 0 Å². The van der Waals surface area contributed by atoms with Gasteiger partial charge < -0.3 is 10.2 Å². The second-order valence-corrected chi connectivity index (χ2v) is 6.54. The van der Waals surface area contributed by atoms with E-state index >= 15 is 0 Å². The molecule has 0 bridgehead atoms. The molecule has 0 spiro atoms. The van der Waals surface area contributed by atoms with Gasteiger partial charge in [-0.3, -0.25) is 4.79 Å². The number of carbonyl (C=O) groups is 1. The summed E-state index contributed by atoms with van der Waals surface area (Å²) in [5.74, 6) is 0.663. The molecule has 3 heteroatoms. The number of benzene rings is 1. The van der Waals surface area contributed by atoms with E-state index in [4.69, 9.17) is 0 Å². The van der Waals surface area contributed by atoms with Crippen LogP contribution in [-0.2, 0) is 11.2 Å². The van der Waals surface area contributed by atoms with Gasteiger partial charge in [-0.1, -0.05) is 29.8 Å². The van der Waals surface area contributed by atoms with E-state index in [1.54, 1.807) is 0 Å². The highest BCUT2D eigenvalue weighted by Gasteiger charge is 2.33. The summed E-state index contributed by atoms with van der Waals surface area (Å²) < 4.78 is 0. The molecule has 1 aromatic carbocycles. The second-order valence-electron chi connectivity index (χ2n) is 6.54. The summed E-state index contributed by atoms with van der Waals surface area (Å²) >= 11 is 0. The molecule has 2 saturated heterocycles. The summed E-state index contributed by atoms with van der Waals surface area (Å²) in [6, 6.07) is 9.17. The van der Waals surface area contributed by atoms with Crippen molar-refractivity contribution >= 4 is 5.91 Å². The van der Waals surface area contributed by atoms with Crippen LogP contribution in [0.25, 0.3) is 0 Å². The molecular weight excluding hydrogens is 260 g/mol. The van der Waals surface area contributed by atoms with Gasteiger partial charge in [0.2, 0.25) is 5.91 Å². The quantitative estimate of drug-likeness (QED) is 0.926.